The lowest BCUT2D eigenvalue weighted by atomic mass is 10.1. The minimum atomic E-state index is -0.949. The van der Waals surface area contributed by atoms with E-state index < -0.39 is 17.0 Å². The van der Waals surface area contributed by atoms with Gasteiger partial charge in [-0.1, -0.05) is 12.8 Å². The van der Waals surface area contributed by atoms with Crippen molar-refractivity contribution in [3.8, 4) is 0 Å². The highest BCUT2D eigenvalue weighted by Crippen LogP contribution is 2.32. The van der Waals surface area contributed by atoms with Gasteiger partial charge in [0.15, 0.2) is 6.10 Å². The fourth-order valence-corrected chi connectivity index (χ4v) is 3.69. The molecule has 1 unspecified atom stereocenters. The van der Waals surface area contributed by atoms with Gasteiger partial charge in [-0.15, -0.1) is 0 Å². The van der Waals surface area contributed by atoms with Gasteiger partial charge in [-0.3, -0.25) is 14.9 Å². The van der Waals surface area contributed by atoms with Crippen molar-refractivity contribution in [2.75, 3.05) is 18.0 Å². The Labute approximate surface area is 158 Å². The zero-order chi connectivity index (χ0) is 19.4. The number of anilines is 1. The average molecular weight is 375 g/mol. The highest BCUT2D eigenvalue weighted by atomic mass is 16.6. The molecule has 2 fully saturated rings. The SMILES string of the molecule is CC(OC(=O)c1ccc(N2CCCC2)c([N+](=O)[O-])c1)C(=O)NC1CCCC1. The Hall–Kier alpha value is -2.64. The maximum absolute atomic E-state index is 12.4. The van der Waals surface area contributed by atoms with E-state index in [0.717, 1.165) is 51.6 Å². The summed E-state index contributed by atoms with van der Waals surface area (Å²) in [5.41, 5.74) is 0.473. The number of carbonyl (C=O) groups is 2. The fraction of sp³-hybridized carbons (Fsp3) is 0.579. The second kappa shape index (κ2) is 8.37. The summed E-state index contributed by atoms with van der Waals surface area (Å²) in [5, 5.41) is 14.3. The summed E-state index contributed by atoms with van der Waals surface area (Å²) in [7, 11) is 0. The van der Waals surface area contributed by atoms with Crippen molar-refractivity contribution < 1.29 is 19.2 Å². The van der Waals surface area contributed by atoms with E-state index >= 15 is 0 Å². The largest absolute Gasteiger partial charge is 0.449 e. The highest BCUT2D eigenvalue weighted by Gasteiger charge is 2.27. The monoisotopic (exact) mass is 375 g/mol. The molecule has 1 aliphatic carbocycles. The van der Waals surface area contributed by atoms with Crippen molar-refractivity contribution >= 4 is 23.3 Å². The van der Waals surface area contributed by atoms with Crippen molar-refractivity contribution in [3.63, 3.8) is 0 Å². The third-order valence-electron chi connectivity index (χ3n) is 5.21. The number of hydrogen-bond donors (Lipinski definition) is 1. The van der Waals surface area contributed by atoms with Crippen LogP contribution in [0.3, 0.4) is 0 Å². The highest BCUT2D eigenvalue weighted by molar-refractivity contribution is 5.93. The Balaban J connectivity index is 1.67. The average Bonchev–Trinajstić information content (AvgIpc) is 3.34. The Morgan fingerprint density at radius 2 is 1.89 bits per heavy atom. The molecule has 1 aromatic rings. The molecule has 0 bridgehead atoms. The normalized spacial score (nSPS) is 18.3. The number of nitro groups is 1. The van der Waals surface area contributed by atoms with E-state index in [1.165, 1.54) is 19.1 Å². The Morgan fingerprint density at radius 3 is 2.52 bits per heavy atom. The van der Waals surface area contributed by atoms with Gasteiger partial charge in [0.1, 0.15) is 5.69 Å². The van der Waals surface area contributed by atoms with Crippen LogP contribution >= 0.6 is 0 Å². The summed E-state index contributed by atoms with van der Waals surface area (Å²) < 4.78 is 5.22. The first-order valence-corrected chi connectivity index (χ1v) is 9.50. The number of amides is 1. The molecule has 2 aliphatic rings. The molecular formula is C19H25N3O5. The van der Waals surface area contributed by atoms with Crippen LogP contribution < -0.4 is 10.2 Å². The van der Waals surface area contributed by atoms with E-state index in [1.54, 1.807) is 6.07 Å². The van der Waals surface area contributed by atoms with Gasteiger partial charge >= 0.3 is 5.97 Å². The van der Waals surface area contributed by atoms with E-state index in [0.29, 0.717) is 5.69 Å². The maximum Gasteiger partial charge on any atom is 0.339 e. The van der Waals surface area contributed by atoms with Crippen molar-refractivity contribution in [1.82, 2.24) is 5.32 Å². The topological polar surface area (TPSA) is 102 Å². The van der Waals surface area contributed by atoms with Crippen molar-refractivity contribution in [3.05, 3.63) is 33.9 Å². The van der Waals surface area contributed by atoms with Crippen LogP contribution in [0.25, 0.3) is 0 Å². The van der Waals surface area contributed by atoms with Crippen molar-refractivity contribution in [2.45, 2.75) is 57.6 Å². The van der Waals surface area contributed by atoms with Gasteiger partial charge in [0.05, 0.1) is 10.5 Å². The van der Waals surface area contributed by atoms with Gasteiger partial charge in [-0.05, 0) is 44.7 Å². The molecule has 1 amide bonds. The summed E-state index contributed by atoms with van der Waals surface area (Å²) in [6.07, 6.45) is 5.10. The zero-order valence-electron chi connectivity index (χ0n) is 15.5. The summed E-state index contributed by atoms with van der Waals surface area (Å²) in [6.45, 7) is 3.04. The first-order chi connectivity index (χ1) is 13.0. The molecule has 0 aromatic heterocycles. The second-order valence-corrected chi connectivity index (χ2v) is 7.19. The summed E-state index contributed by atoms with van der Waals surface area (Å²) in [4.78, 5) is 37.4. The molecule has 1 aliphatic heterocycles. The molecule has 8 nitrogen and oxygen atoms in total. The Morgan fingerprint density at radius 1 is 1.22 bits per heavy atom. The van der Waals surface area contributed by atoms with Crippen LogP contribution in [0.1, 0.15) is 55.8 Å². The van der Waals surface area contributed by atoms with Gasteiger partial charge in [0, 0.05) is 25.2 Å². The molecular weight excluding hydrogens is 350 g/mol. The Bertz CT molecular complexity index is 724. The van der Waals surface area contributed by atoms with Gasteiger partial charge < -0.3 is 15.0 Å². The Kier molecular flexibility index (Phi) is 5.93. The second-order valence-electron chi connectivity index (χ2n) is 7.19. The van der Waals surface area contributed by atoms with Gasteiger partial charge in [-0.2, -0.15) is 0 Å². The number of benzene rings is 1. The molecule has 1 N–H and O–H groups in total. The molecule has 0 spiro atoms. The predicted octanol–water partition coefficient (Wildman–Crippen LogP) is 2.80. The van der Waals surface area contributed by atoms with Crippen LogP contribution in [0.2, 0.25) is 0 Å². The van der Waals surface area contributed by atoms with Crippen LogP contribution in [-0.2, 0) is 9.53 Å². The van der Waals surface area contributed by atoms with E-state index in [2.05, 4.69) is 5.32 Å². The van der Waals surface area contributed by atoms with Crippen LogP contribution in [0, 0.1) is 10.1 Å². The quantitative estimate of drug-likeness (QED) is 0.466. The van der Waals surface area contributed by atoms with Gasteiger partial charge in [0.2, 0.25) is 0 Å². The van der Waals surface area contributed by atoms with Crippen LogP contribution in [0.4, 0.5) is 11.4 Å². The maximum atomic E-state index is 12.4. The lowest BCUT2D eigenvalue weighted by Gasteiger charge is -2.19. The summed E-state index contributed by atoms with van der Waals surface area (Å²) in [6, 6.07) is 4.48. The van der Waals surface area contributed by atoms with Crippen LogP contribution in [-0.4, -0.2) is 42.0 Å². The molecule has 3 rings (SSSR count). The first-order valence-electron chi connectivity index (χ1n) is 9.50. The van der Waals surface area contributed by atoms with Crippen LogP contribution in [0.15, 0.2) is 18.2 Å². The number of esters is 1. The number of nitrogens with one attached hydrogen (secondary N) is 1. The standard InChI is InChI=1S/C19H25N3O5/c1-13(18(23)20-15-6-2-3-7-15)27-19(24)14-8-9-16(17(12-14)22(25)26)21-10-4-5-11-21/h8-9,12-13,15H,2-7,10-11H2,1H3,(H,20,23). The molecule has 1 saturated carbocycles. The van der Waals surface area contributed by atoms with E-state index in [4.69, 9.17) is 4.74 Å². The number of ether oxygens (including phenoxy) is 1. The fourth-order valence-electron chi connectivity index (χ4n) is 3.69. The number of nitro benzene ring substituents is 1. The van der Waals surface area contributed by atoms with E-state index in [1.807, 2.05) is 4.90 Å². The molecule has 27 heavy (non-hydrogen) atoms. The lowest BCUT2D eigenvalue weighted by molar-refractivity contribution is -0.384. The van der Waals surface area contributed by atoms with E-state index in [-0.39, 0.29) is 23.2 Å². The van der Waals surface area contributed by atoms with Gasteiger partial charge in [0.25, 0.3) is 11.6 Å². The van der Waals surface area contributed by atoms with Crippen molar-refractivity contribution in [1.29, 1.82) is 0 Å². The minimum Gasteiger partial charge on any atom is -0.449 e. The molecule has 0 radical (unpaired) electrons. The third-order valence-corrected chi connectivity index (χ3v) is 5.21. The molecule has 1 aromatic carbocycles. The smallest absolute Gasteiger partial charge is 0.339 e. The molecule has 8 heteroatoms. The minimum absolute atomic E-state index is 0.0742. The number of hydrogen-bond acceptors (Lipinski definition) is 6. The molecule has 1 saturated heterocycles. The summed E-state index contributed by atoms with van der Waals surface area (Å²) in [5.74, 6) is -1.07. The predicted molar refractivity (Wildman–Crippen MR) is 99.8 cm³/mol. The third kappa shape index (κ3) is 4.56. The molecule has 1 heterocycles. The number of carbonyl (C=O) groups excluding carboxylic acids is 2. The van der Waals surface area contributed by atoms with Crippen molar-refractivity contribution in [2.24, 2.45) is 0 Å². The first kappa shape index (κ1) is 19.1. The van der Waals surface area contributed by atoms with Crippen LogP contribution in [0.5, 0.6) is 0 Å². The number of nitrogens with zero attached hydrogens (tertiary/aromatic N) is 2. The number of rotatable bonds is 6. The molecule has 1 atom stereocenters. The zero-order valence-corrected chi connectivity index (χ0v) is 15.5. The van der Waals surface area contributed by atoms with E-state index in [9.17, 15) is 19.7 Å². The lowest BCUT2D eigenvalue weighted by Crippen LogP contribution is -2.40. The molecule has 146 valence electrons. The summed E-state index contributed by atoms with van der Waals surface area (Å²) >= 11 is 0. The van der Waals surface area contributed by atoms with Gasteiger partial charge in [-0.25, -0.2) is 4.79 Å².